The van der Waals surface area contributed by atoms with Gasteiger partial charge in [0.1, 0.15) is 17.7 Å². The van der Waals surface area contributed by atoms with Gasteiger partial charge in [-0.1, -0.05) is 11.6 Å². The van der Waals surface area contributed by atoms with Crippen molar-refractivity contribution in [3.05, 3.63) is 23.0 Å². The van der Waals surface area contributed by atoms with Crippen LogP contribution in [0.3, 0.4) is 0 Å². The van der Waals surface area contributed by atoms with E-state index in [9.17, 15) is 14.4 Å². The lowest BCUT2D eigenvalue weighted by Crippen LogP contribution is -2.58. The summed E-state index contributed by atoms with van der Waals surface area (Å²) in [5, 5.41) is 2.12. The summed E-state index contributed by atoms with van der Waals surface area (Å²) in [7, 11) is 0. The molecule has 1 aromatic heterocycles. The summed E-state index contributed by atoms with van der Waals surface area (Å²) >= 11 is 5.83. The molecular weight excluding hydrogens is 272 g/mol. The number of rotatable bonds is 1. The minimum Gasteiger partial charge on any atom is -0.397 e. The maximum absolute atomic E-state index is 12.3. The highest BCUT2D eigenvalue weighted by molar-refractivity contribution is 6.32. The predicted octanol–water partition coefficient (Wildman–Crippen LogP) is -0.196. The maximum Gasteiger partial charge on any atom is 0.258 e. The zero-order valence-electron chi connectivity index (χ0n) is 10.0. The lowest BCUT2D eigenvalue weighted by molar-refractivity contribution is -0.138. The zero-order chi connectivity index (χ0) is 14.2. The van der Waals surface area contributed by atoms with Gasteiger partial charge in [0.05, 0.1) is 17.4 Å². The Labute approximate surface area is 113 Å². The van der Waals surface area contributed by atoms with Gasteiger partial charge in [-0.3, -0.25) is 19.7 Å². The van der Waals surface area contributed by atoms with Crippen LogP contribution in [0, 0.1) is 0 Å². The summed E-state index contributed by atoms with van der Waals surface area (Å²) < 4.78 is 0. The van der Waals surface area contributed by atoms with E-state index in [0.717, 1.165) is 4.90 Å². The number of hydrogen-bond donors (Lipinski definition) is 2. The van der Waals surface area contributed by atoms with Crippen LogP contribution < -0.4 is 11.1 Å². The lowest BCUT2D eigenvalue weighted by atomic mass is 10.1. The molecule has 3 N–H and O–H groups in total. The molecule has 1 unspecified atom stereocenters. The smallest absolute Gasteiger partial charge is 0.258 e. The predicted molar refractivity (Wildman–Crippen MR) is 67.3 cm³/mol. The average molecular weight is 283 g/mol. The van der Waals surface area contributed by atoms with Gasteiger partial charge in [0.15, 0.2) is 0 Å². The van der Waals surface area contributed by atoms with Crippen molar-refractivity contribution in [2.75, 3.05) is 12.3 Å². The average Bonchev–Trinajstić information content (AvgIpc) is 2.36. The number of pyridine rings is 1. The number of carbonyl (C=O) groups excluding carboxylic acids is 3. The standard InChI is InChI=1S/C11H11ClN4O3/c1-5-10(18)15-8(17)4-16(5)11(19)7-2-6(13)3-14-9(7)12/h2-3,5H,4,13H2,1H3,(H,15,17,18). The number of hydrogen-bond acceptors (Lipinski definition) is 5. The molecule has 1 aromatic rings. The molecule has 1 saturated heterocycles. The van der Waals surface area contributed by atoms with E-state index in [2.05, 4.69) is 10.3 Å². The summed E-state index contributed by atoms with van der Waals surface area (Å²) in [6, 6.07) is 0.601. The molecule has 0 aromatic carbocycles. The number of aromatic nitrogens is 1. The third-order valence-electron chi connectivity index (χ3n) is 2.78. The number of imide groups is 1. The van der Waals surface area contributed by atoms with Crippen molar-refractivity contribution in [3.8, 4) is 0 Å². The molecule has 19 heavy (non-hydrogen) atoms. The summed E-state index contributed by atoms with van der Waals surface area (Å²) in [4.78, 5) is 40.0. The first kappa shape index (κ1) is 13.3. The molecule has 0 radical (unpaired) electrons. The first-order chi connectivity index (χ1) is 8.90. The molecule has 2 heterocycles. The molecule has 100 valence electrons. The van der Waals surface area contributed by atoms with Gasteiger partial charge in [-0.25, -0.2) is 4.98 Å². The summed E-state index contributed by atoms with van der Waals surface area (Å²) in [5.41, 5.74) is 5.88. The van der Waals surface area contributed by atoms with Gasteiger partial charge in [0.25, 0.3) is 5.91 Å². The molecule has 1 atom stereocenters. The number of halogens is 1. The number of nitrogens with two attached hydrogens (primary N) is 1. The van der Waals surface area contributed by atoms with Crippen LogP contribution in [0.4, 0.5) is 5.69 Å². The molecule has 2 rings (SSSR count). The third-order valence-corrected chi connectivity index (χ3v) is 3.08. The summed E-state index contributed by atoms with van der Waals surface area (Å²) in [5.74, 6) is -1.62. The Hall–Kier alpha value is -2.15. The van der Waals surface area contributed by atoms with E-state index in [4.69, 9.17) is 17.3 Å². The number of piperazine rings is 1. The number of nitrogen functional groups attached to an aromatic ring is 1. The number of carbonyl (C=O) groups is 3. The number of nitrogens with zero attached hydrogens (tertiary/aromatic N) is 2. The van der Waals surface area contributed by atoms with Gasteiger partial charge < -0.3 is 10.6 Å². The topological polar surface area (TPSA) is 105 Å². The monoisotopic (exact) mass is 282 g/mol. The summed E-state index contributed by atoms with van der Waals surface area (Å²) in [6.45, 7) is 1.31. The Morgan fingerprint density at radius 3 is 2.95 bits per heavy atom. The molecular formula is C11H11ClN4O3. The van der Waals surface area contributed by atoms with Crippen molar-refractivity contribution in [1.82, 2.24) is 15.2 Å². The largest absolute Gasteiger partial charge is 0.397 e. The van der Waals surface area contributed by atoms with E-state index in [1.807, 2.05) is 0 Å². The van der Waals surface area contributed by atoms with Gasteiger partial charge in [-0.2, -0.15) is 0 Å². The second-order valence-electron chi connectivity index (χ2n) is 4.13. The Bertz CT molecular complexity index is 575. The van der Waals surface area contributed by atoms with E-state index in [0.29, 0.717) is 0 Å². The van der Waals surface area contributed by atoms with Crippen molar-refractivity contribution in [3.63, 3.8) is 0 Å². The molecule has 3 amide bonds. The van der Waals surface area contributed by atoms with Crippen LogP contribution in [0.15, 0.2) is 12.3 Å². The van der Waals surface area contributed by atoms with Crippen LogP contribution in [0.5, 0.6) is 0 Å². The molecule has 7 nitrogen and oxygen atoms in total. The van der Waals surface area contributed by atoms with Crippen LogP contribution in [-0.2, 0) is 9.59 Å². The Morgan fingerprint density at radius 2 is 2.26 bits per heavy atom. The van der Waals surface area contributed by atoms with Crippen LogP contribution in [0.2, 0.25) is 5.15 Å². The van der Waals surface area contributed by atoms with Crippen molar-refractivity contribution >= 4 is 35.0 Å². The van der Waals surface area contributed by atoms with E-state index < -0.39 is 23.8 Å². The number of amides is 3. The Balaban J connectivity index is 2.35. The SMILES string of the molecule is CC1C(=O)NC(=O)CN1C(=O)c1cc(N)cnc1Cl. The molecule has 0 saturated carbocycles. The highest BCUT2D eigenvalue weighted by atomic mass is 35.5. The maximum atomic E-state index is 12.3. The number of anilines is 1. The molecule has 0 aliphatic carbocycles. The molecule has 0 bridgehead atoms. The van der Waals surface area contributed by atoms with Gasteiger partial charge in [0, 0.05) is 0 Å². The van der Waals surface area contributed by atoms with Crippen LogP contribution in [-0.4, -0.2) is 40.2 Å². The third kappa shape index (κ3) is 2.50. The number of nitrogens with one attached hydrogen (secondary N) is 1. The van der Waals surface area contributed by atoms with Crippen molar-refractivity contribution in [2.45, 2.75) is 13.0 Å². The van der Waals surface area contributed by atoms with E-state index in [-0.39, 0.29) is 22.9 Å². The minimum absolute atomic E-state index is 0.0233. The van der Waals surface area contributed by atoms with Crippen molar-refractivity contribution in [1.29, 1.82) is 0 Å². The Kier molecular flexibility index (Phi) is 3.39. The van der Waals surface area contributed by atoms with Gasteiger partial charge in [-0.15, -0.1) is 0 Å². The van der Waals surface area contributed by atoms with E-state index in [1.54, 1.807) is 0 Å². The highest BCUT2D eigenvalue weighted by Crippen LogP contribution is 2.19. The van der Waals surface area contributed by atoms with Gasteiger partial charge in [0.2, 0.25) is 11.8 Å². The van der Waals surface area contributed by atoms with Crippen LogP contribution >= 0.6 is 11.6 Å². The van der Waals surface area contributed by atoms with Gasteiger partial charge in [-0.05, 0) is 13.0 Å². The Morgan fingerprint density at radius 1 is 1.58 bits per heavy atom. The first-order valence-electron chi connectivity index (χ1n) is 5.46. The van der Waals surface area contributed by atoms with E-state index in [1.165, 1.54) is 19.2 Å². The van der Waals surface area contributed by atoms with Gasteiger partial charge >= 0.3 is 0 Å². The van der Waals surface area contributed by atoms with E-state index >= 15 is 0 Å². The van der Waals surface area contributed by atoms with Crippen molar-refractivity contribution in [2.24, 2.45) is 0 Å². The molecule has 0 spiro atoms. The fourth-order valence-electron chi connectivity index (χ4n) is 1.73. The summed E-state index contributed by atoms with van der Waals surface area (Å²) in [6.07, 6.45) is 1.32. The molecule has 8 heteroatoms. The normalized spacial score (nSPS) is 19.3. The lowest BCUT2D eigenvalue weighted by Gasteiger charge is -2.31. The van der Waals surface area contributed by atoms with Crippen LogP contribution in [0.1, 0.15) is 17.3 Å². The quantitative estimate of drug-likeness (QED) is 0.548. The minimum atomic E-state index is -0.761. The fourth-order valence-corrected chi connectivity index (χ4v) is 1.92. The first-order valence-corrected chi connectivity index (χ1v) is 5.83. The molecule has 1 fully saturated rings. The second kappa shape index (κ2) is 4.85. The molecule has 1 aliphatic heterocycles. The molecule has 1 aliphatic rings. The van der Waals surface area contributed by atoms with Crippen molar-refractivity contribution < 1.29 is 14.4 Å². The fraction of sp³-hybridized carbons (Fsp3) is 0.273. The highest BCUT2D eigenvalue weighted by Gasteiger charge is 2.34. The second-order valence-corrected chi connectivity index (χ2v) is 4.49. The zero-order valence-corrected chi connectivity index (χ0v) is 10.8. The van der Waals surface area contributed by atoms with Crippen LogP contribution in [0.25, 0.3) is 0 Å².